The Kier molecular flexibility index (Phi) is 12.2. The molecule has 0 saturated carbocycles. The number of unbranched alkanes of at least 4 members (excludes halogenated alkanes) is 1. The molecule has 1 N–H and O–H groups in total. The highest BCUT2D eigenvalue weighted by atomic mass is 16.5. The number of hydrogen-bond donors (Lipinski definition) is 1. The van der Waals surface area contributed by atoms with Crippen molar-refractivity contribution in [1.29, 1.82) is 0 Å². The molecule has 196 valence electrons. The number of nitrogens with one attached hydrogen (secondary N) is 1. The number of benzene rings is 1. The predicted molar refractivity (Wildman–Crippen MR) is 134 cm³/mol. The van der Waals surface area contributed by atoms with Crippen molar-refractivity contribution in [2.24, 2.45) is 5.92 Å². The van der Waals surface area contributed by atoms with Crippen LogP contribution in [0.1, 0.15) is 57.9 Å². The molecule has 35 heavy (non-hydrogen) atoms. The minimum Gasteiger partial charge on any atom is -0.467 e. The first kappa shape index (κ1) is 28.8. The highest BCUT2D eigenvalue weighted by Crippen LogP contribution is 2.28. The SMILES string of the molecule is CCCCC(CC(=O)N1CCCC1C(OC)C(C)C(=O)NC(Cc1ccccc1)C(=O)OC)OC. The summed E-state index contributed by atoms with van der Waals surface area (Å²) < 4.78 is 16.2. The molecule has 0 aliphatic carbocycles. The first-order chi connectivity index (χ1) is 16.9. The summed E-state index contributed by atoms with van der Waals surface area (Å²) in [7, 11) is 4.52. The Morgan fingerprint density at radius 1 is 1.11 bits per heavy atom. The Labute approximate surface area is 209 Å². The van der Waals surface area contributed by atoms with Gasteiger partial charge in [0.05, 0.1) is 37.7 Å². The lowest BCUT2D eigenvalue weighted by Crippen LogP contribution is -2.52. The molecule has 0 radical (unpaired) electrons. The second-order valence-corrected chi connectivity index (χ2v) is 9.26. The molecule has 8 heteroatoms. The summed E-state index contributed by atoms with van der Waals surface area (Å²) in [6, 6.07) is 8.46. The number of rotatable bonds is 14. The second-order valence-electron chi connectivity index (χ2n) is 9.26. The minimum absolute atomic E-state index is 0.0293. The zero-order valence-electron chi connectivity index (χ0n) is 21.8. The maximum atomic E-state index is 13.2. The van der Waals surface area contributed by atoms with Gasteiger partial charge in [0, 0.05) is 27.2 Å². The molecule has 1 fully saturated rings. The molecule has 5 atom stereocenters. The highest BCUT2D eigenvalue weighted by Gasteiger charge is 2.40. The van der Waals surface area contributed by atoms with Gasteiger partial charge in [-0.2, -0.15) is 0 Å². The fraction of sp³-hybridized carbons (Fsp3) is 0.667. The largest absolute Gasteiger partial charge is 0.467 e. The number of hydrogen-bond acceptors (Lipinski definition) is 6. The third-order valence-corrected chi connectivity index (χ3v) is 6.88. The summed E-state index contributed by atoms with van der Waals surface area (Å²) in [5.41, 5.74) is 0.919. The van der Waals surface area contributed by atoms with E-state index in [1.807, 2.05) is 35.2 Å². The maximum Gasteiger partial charge on any atom is 0.328 e. The van der Waals surface area contributed by atoms with Gasteiger partial charge in [0.15, 0.2) is 0 Å². The quantitative estimate of drug-likeness (QED) is 0.403. The molecule has 0 bridgehead atoms. The van der Waals surface area contributed by atoms with Crippen LogP contribution in [-0.2, 0) is 35.0 Å². The number of methoxy groups -OCH3 is 3. The van der Waals surface area contributed by atoms with Crippen LogP contribution in [0.4, 0.5) is 0 Å². The molecule has 1 aliphatic heterocycles. The Hall–Kier alpha value is -2.45. The van der Waals surface area contributed by atoms with E-state index in [1.165, 1.54) is 7.11 Å². The Balaban J connectivity index is 2.08. The fourth-order valence-electron chi connectivity index (χ4n) is 4.82. The van der Waals surface area contributed by atoms with Gasteiger partial charge in [-0.05, 0) is 24.8 Å². The van der Waals surface area contributed by atoms with Gasteiger partial charge in [0.25, 0.3) is 0 Å². The van der Waals surface area contributed by atoms with E-state index >= 15 is 0 Å². The van der Waals surface area contributed by atoms with Gasteiger partial charge < -0.3 is 24.4 Å². The van der Waals surface area contributed by atoms with Crippen LogP contribution in [0.5, 0.6) is 0 Å². The normalized spacial score (nSPS) is 19.0. The second kappa shape index (κ2) is 14.8. The molecular weight excluding hydrogens is 448 g/mol. The summed E-state index contributed by atoms with van der Waals surface area (Å²) >= 11 is 0. The van der Waals surface area contributed by atoms with Gasteiger partial charge in [-0.25, -0.2) is 4.79 Å². The average Bonchev–Trinajstić information content (AvgIpc) is 3.36. The molecule has 1 aromatic carbocycles. The van der Waals surface area contributed by atoms with E-state index in [0.29, 0.717) is 19.4 Å². The number of likely N-dealkylation sites (tertiary alicyclic amines) is 1. The summed E-state index contributed by atoms with van der Waals surface area (Å²) in [6.45, 7) is 4.53. The Morgan fingerprint density at radius 2 is 1.83 bits per heavy atom. The summed E-state index contributed by atoms with van der Waals surface area (Å²) in [4.78, 5) is 40.6. The molecule has 1 aliphatic rings. The van der Waals surface area contributed by atoms with Crippen LogP contribution in [0.2, 0.25) is 0 Å². The van der Waals surface area contributed by atoms with Crippen molar-refractivity contribution in [1.82, 2.24) is 10.2 Å². The van der Waals surface area contributed by atoms with Gasteiger partial charge in [0.1, 0.15) is 6.04 Å². The standard InChI is InChI=1S/C27H42N2O6/c1-6-7-14-21(33-3)18-24(30)29-16-11-15-23(29)25(34-4)19(2)26(31)28-22(27(32)35-5)17-20-12-9-8-10-13-20/h8-10,12-13,19,21-23,25H,6-7,11,14-18H2,1-5H3,(H,28,31). The molecule has 2 rings (SSSR count). The molecule has 0 spiro atoms. The maximum absolute atomic E-state index is 13.2. The first-order valence-corrected chi connectivity index (χ1v) is 12.6. The monoisotopic (exact) mass is 490 g/mol. The third kappa shape index (κ3) is 8.32. The molecular formula is C27H42N2O6. The number of esters is 1. The number of carbonyl (C=O) groups excluding carboxylic acids is 3. The van der Waals surface area contributed by atoms with E-state index in [0.717, 1.165) is 37.7 Å². The number of nitrogens with zero attached hydrogens (tertiary/aromatic N) is 1. The van der Waals surface area contributed by atoms with Crippen LogP contribution in [0, 0.1) is 5.92 Å². The van der Waals surface area contributed by atoms with Crippen molar-refractivity contribution < 1.29 is 28.6 Å². The van der Waals surface area contributed by atoms with E-state index in [9.17, 15) is 14.4 Å². The van der Waals surface area contributed by atoms with E-state index in [-0.39, 0.29) is 24.0 Å². The van der Waals surface area contributed by atoms with Crippen molar-refractivity contribution in [2.45, 2.75) is 83.1 Å². The Bertz CT molecular complexity index is 802. The third-order valence-electron chi connectivity index (χ3n) is 6.88. The van der Waals surface area contributed by atoms with Crippen LogP contribution in [-0.4, -0.2) is 74.8 Å². The fourth-order valence-corrected chi connectivity index (χ4v) is 4.82. The lowest BCUT2D eigenvalue weighted by atomic mass is 9.94. The molecule has 1 heterocycles. The Morgan fingerprint density at radius 3 is 2.43 bits per heavy atom. The van der Waals surface area contributed by atoms with Gasteiger partial charge >= 0.3 is 5.97 Å². The van der Waals surface area contributed by atoms with Crippen LogP contribution in [0.15, 0.2) is 30.3 Å². The smallest absolute Gasteiger partial charge is 0.328 e. The topological polar surface area (TPSA) is 94.2 Å². The van der Waals surface area contributed by atoms with Gasteiger partial charge in [-0.3, -0.25) is 9.59 Å². The zero-order valence-corrected chi connectivity index (χ0v) is 21.8. The highest BCUT2D eigenvalue weighted by molar-refractivity contribution is 5.86. The van der Waals surface area contributed by atoms with Crippen LogP contribution < -0.4 is 5.32 Å². The predicted octanol–water partition coefficient (Wildman–Crippen LogP) is 3.12. The van der Waals surface area contributed by atoms with Crippen molar-refractivity contribution in [3.05, 3.63) is 35.9 Å². The number of ether oxygens (including phenoxy) is 3. The summed E-state index contributed by atoms with van der Waals surface area (Å²) in [5.74, 6) is -1.35. The first-order valence-electron chi connectivity index (χ1n) is 12.6. The van der Waals surface area contributed by atoms with Crippen molar-refractivity contribution >= 4 is 17.8 Å². The van der Waals surface area contributed by atoms with Crippen molar-refractivity contribution in [2.75, 3.05) is 27.9 Å². The van der Waals surface area contributed by atoms with Crippen molar-refractivity contribution in [3.63, 3.8) is 0 Å². The van der Waals surface area contributed by atoms with E-state index in [1.54, 1.807) is 21.1 Å². The molecule has 1 saturated heterocycles. The van der Waals surface area contributed by atoms with Crippen LogP contribution in [0.3, 0.4) is 0 Å². The molecule has 0 aromatic heterocycles. The minimum atomic E-state index is -0.808. The summed E-state index contributed by atoms with van der Waals surface area (Å²) in [6.07, 6.45) is 4.58. The van der Waals surface area contributed by atoms with Crippen LogP contribution in [0.25, 0.3) is 0 Å². The lowest BCUT2D eigenvalue weighted by Gasteiger charge is -2.35. The van der Waals surface area contributed by atoms with E-state index in [4.69, 9.17) is 14.2 Å². The van der Waals surface area contributed by atoms with E-state index < -0.39 is 24.0 Å². The van der Waals surface area contributed by atoms with Gasteiger partial charge in [0.2, 0.25) is 11.8 Å². The van der Waals surface area contributed by atoms with Crippen LogP contribution >= 0.6 is 0 Å². The number of carbonyl (C=O) groups is 3. The molecule has 1 aromatic rings. The zero-order chi connectivity index (χ0) is 25.8. The lowest BCUT2D eigenvalue weighted by molar-refractivity contribution is -0.147. The molecule has 5 unspecified atom stereocenters. The van der Waals surface area contributed by atoms with Gasteiger partial charge in [-0.15, -0.1) is 0 Å². The van der Waals surface area contributed by atoms with E-state index in [2.05, 4.69) is 12.2 Å². The average molecular weight is 491 g/mol. The molecule has 2 amide bonds. The summed E-state index contributed by atoms with van der Waals surface area (Å²) in [5, 5.41) is 2.85. The number of amides is 2. The molecule has 8 nitrogen and oxygen atoms in total. The van der Waals surface area contributed by atoms with Crippen molar-refractivity contribution in [3.8, 4) is 0 Å². The van der Waals surface area contributed by atoms with Gasteiger partial charge in [-0.1, -0.05) is 57.0 Å².